The van der Waals surface area contributed by atoms with Crippen LogP contribution in [0.2, 0.25) is 5.02 Å². The van der Waals surface area contributed by atoms with Gasteiger partial charge in [-0.3, -0.25) is 14.9 Å². The number of amides is 1. The van der Waals surface area contributed by atoms with Gasteiger partial charge < -0.3 is 14.8 Å². The zero-order chi connectivity index (χ0) is 18.6. The van der Waals surface area contributed by atoms with Crippen molar-refractivity contribution in [2.24, 2.45) is 0 Å². The van der Waals surface area contributed by atoms with Crippen molar-refractivity contribution in [2.45, 2.75) is 19.3 Å². The van der Waals surface area contributed by atoms with Gasteiger partial charge >= 0.3 is 5.97 Å². The molecule has 0 radical (unpaired) electrons. The summed E-state index contributed by atoms with van der Waals surface area (Å²) in [6, 6.07) is 3.92. The van der Waals surface area contributed by atoms with Crippen molar-refractivity contribution < 1.29 is 24.0 Å². The molecule has 25 heavy (non-hydrogen) atoms. The molecule has 0 aliphatic carbocycles. The molecular weight excluding hydrogens is 352 g/mol. The summed E-state index contributed by atoms with van der Waals surface area (Å²) < 4.78 is 9.98. The topological polar surface area (TPSA) is 108 Å². The quantitative estimate of drug-likeness (QED) is 0.357. The minimum absolute atomic E-state index is 0.0510. The van der Waals surface area contributed by atoms with Gasteiger partial charge in [0.15, 0.2) is 0 Å². The number of nitro groups is 1. The molecule has 1 heterocycles. The Bertz CT molecular complexity index is 746. The number of nitrogens with zero attached hydrogens (tertiary/aromatic N) is 1. The first-order valence-corrected chi connectivity index (χ1v) is 7.83. The van der Waals surface area contributed by atoms with E-state index in [1.54, 1.807) is 6.92 Å². The zero-order valence-corrected chi connectivity index (χ0v) is 14.5. The molecule has 1 unspecified atom stereocenters. The molecule has 1 amide bonds. The first-order valence-electron chi connectivity index (χ1n) is 7.45. The first-order chi connectivity index (χ1) is 11.8. The van der Waals surface area contributed by atoms with E-state index < -0.39 is 16.8 Å². The van der Waals surface area contributed by atoms with Crippen LogP contribution >= 0.6 is 11.6 Å². The Kier molecular flexibility index (Phi) is 6.11. The van der Waals surface area contributed by atoms with Crippen molar-refractivity contribution >= 4 is 29.2 Å². The third-order valence-electron chi connectivity index (χ3n) is 3.78. The lowest BCUT2D eigenvalue weighted by molar-refractivity contribution is -0.384. The Hall–Kier alpha value is -2.45. The molecule has 1 aliphatic heterocycles. The second kappa shape index (κ2) is 8.09. The number of esters is 1. The van der Waals surface area contributed by atoms with E-state index in [1.165, 1.54) is 25.3 Å². The van der Waals surface area contributed by atoms with Crippen molar-refractivity contribution in [2.75, 3.05) is 20.3 Å². The van der Waals surface area contributed by atoms with E-state index in [-0.39, 0.29) is 41.8 Å². The minimum atomic E-state index is -0.726. The second-order valence-electron chi connectivity index (χ2n) is 5.44. The fourth-order valence-corrected chi connectivity index (χ4v) is 2.89. The van der Waals surface area contributed by atoms with E-state index in [1.807, 2.05) is 0 Å². The Morgan fingerprint density at radius 1 is 1.44 bits per heavy atom. The van der Waals surface area contributed by atoms with Crippen LogP contribution in [0, 0.1) is 10.1 Å². The Morgan fingerprint density at radius 3 is 2.80 bits per heavy atom. The number of nitro benzene ring substituents is 1. The molecule has 1 aromatic carbocycles. The van der Waals surface area contributed by atoms with Crippen LogP contribution in [-0.4, -0.2) is 37.1 Å². The maximum Gasteiger partial charge on any atom is 0.336 e. The van der Waals surface area contributed by atoms with Crippen LogP contribution in [0.1, 0.15) is 24.8 Å². The van der Waals surface area contributed by atoms with Gasteiger partial charge in [0.05, 0.1) is 17.1 Å². The highest BCUT2D eigenvalue weighted by atomic mass is 35.5. The summed E-state index contributed by atoms with van der Waals surface area (Å²) in [4.78, 5) is 34.8. The van der Waals surface area contributed by atoms with Gasteiger partial charge in [-0.25, -0.2) is 4.79 Å². The molecule has 0 fully saturated rings. The molecule has 0 saturated carbocycles. The van der Waals surface area contributed by atoms with Gasteiger partial charge in [0.25, 0.3) is 5.69 Å². The number of nitrogens with one attached hydrogen (secondary N) is 1. The summed E-state index contributed by atoms with van der Waals surface area (Å²) in [5.41, 5.74) is 0.725. The van der Waals surface area contributed by atoms with Gasteiger partial charge in [-0.2, -0.15) is 0 Å². The van der Waals surface area contributed by atoms with Crippen LogP contribution in [0.25, 0.3) is 0 Å². The van der Waals surface area contributed by atoms with Crippen LogP contribution < -0.4 is 5.32 Å². The Balaban J connectivity index is 2.44. The number of carbonyl (C=O) groups excluding carboxylic acids is 2. The van der Waals surface area contributed by atoms with Gasteiger partial charge in [0.2, 0.25) is 5.91 Å². The summed E-state index contributed by atoms with van der Waals surface area (Å²) in [7, 11) is 1.48. The minimum Gasteiger partial charge on any atom is -0.460 e. The molecule has 1 atom stereocenters. The van der Waals surface area contributed by atoms with Crippen LogP contribution in [0.15, 0.2) is 29.5 Å². The average molecular weight is 369 g/mol. The fourth-order valence-electron chi connectivity index (χ4n) is 2.64. The van der Waals surface area contributed by atoms with E-state index in [2.05, 4.69) is 5.32 Å². The zero-order valence-electron chi connectivity index (χ0n) is 13.7. The smallest absolute Gasteiger partial charge is 0.336 e. The SMILES string of the molecule is COCCOC(=O)C1=C(C)NC(=O)CC1c1cc([N+](=O)[O-])ccc1Cl. The van der Waals surface area contributed by atoms with E-state index in [0.717, 1.165) is 0 Å². The van der Waals surface area contributed by atoms with Crippen molar-refractivity contribution in [1.82, 2.24) is 5.32 Å². The lowest BCUT2D eigenvalue weighted by Crippen LogP contribution is -2.34. The number of hydrogen-bond donors (Lipinski definition) is 1. The maximum absolute atomic E-state index is 12.4. The van der Waals surface area contributed by atoms with E-state index >= 15 is 0 Å². The summed E-state index contributed by atoms with van der Waals surface area (Å²) in [6.07, 6.45) is -0.0626. The molecule has 1 aliphatic rings. The molecule has 0 aromatic heterocycles. The standard InChI is InChI=1S/C16H17ClN2O6/c1-9-15(16(21)25-6-5-24-2)12(8-14(20)18-9)11-7-10(19(22)23)3-4-13(11)17/h3-4,7,12H,5-6,8H2,1-2H3,(H,18,20). The van der Waals surface area contributed by atoms with E-state index in [9.17, 15) is 19.7 Å². The van der Waals surface area contributed by atoms with E-state index in [4.69, 9.17) is 21.1 Å². The van der Waals surface area contributed by atoms with Gasteiger partial charge in [-0.1, -0.05) is 11.6 Å². The van der Waals surface area contributed by atoms with Crippen molar-refractivity contribution in [1.29, 1.82) is 0 Å². The molecule has 1 N–H and O–H groups in total. The molecule has 9 heteroatoms. The van der Waals surface area contributed by atoms with Gasteiger partial charge in [-0.05, 0) is 18.6 Å². The molecule has 1 aromatic rings. The van der Waals surface area contributed by atoms with Crippen LogP contribution in [0.5, 0.6) is 0 Å². The molecule has 8 nitrogen and oxygen atoms in total. The number of carbonyl (C=O) groups is 2. The van der Waals surface area contributed by atoms with Crippen LogP contribution in [0.3, 0.4) is 0 Å². The first kappa shape index (κ1) is 18.9. The van der Waals surface area contributed by atoms with E-state index in [0.29, 0.717) is 11.3 Å². The number of benzene rings is 1. The predicted octanol–water partition coefficient (Wildman–Crippen LogP) is 2.32. The number of rotatable bonds is 6. The number of methoxy groups -OCH3 is 1. The summed E-state index contributed by atoms with van der Waals surface area (Å²) in [6.45, 7) is 1.85. The van der Waals surface area contributed by atoms with Crippen LogP contribution in [0.4, 0.5) is 5.69 Å². The van der Waals surface area contributed by atoms with Crippen molar-refractivity contribution in [3.63, 3.8) is 0 Å². The summed E-state index contributed by atoms with van der Waals surface area (Å²) >= 11 is 6.18. The Morgan fingerprint density at radius 2 is 2.16 bits per heavy atom. The van der Waals surface area contributed by atoms with Gasteiger partial charge in [0.1, 0.15) is 6.61 Å². The normalized spacial score (nSPS) is 17.2. The fraction of sp³-hybridized carbons (Fsp3) is 0.375. The number of hydrogen-bond acceptors (Lipinski definition) is 6. The number of ether oxygens (including phenoxy) is 2. The highest BCUT2D eigenvalue weighted by molar-refractivity contribution is 6.31. The molecule has 2 rings (SSSR count). The third-order valence-corrected chi connectivity index (χ3v) is 4.12. The lowest BCUT2D eigenvalue weighted by Gasteiger charge is -2.27. The molecule has 0 bridgehead atoms. The Labute approximate surface area is 148 Å². The maximum atomic E-state index is 12.4. The largest absolute Gasteiger partial charge is 0.460 e. The molecule has 0 saturated heterocycles. The van der Waals surface area contributed by atoms with Crippen LogP contribution in [-0.2, 0) is 19.1 Å². The highest BCUT2D eigenvalue weighted by Gasteiger charge is 2.34. The second-order valence-corrected chi connectivity index (χ2v) is 5.84. The number of allylic oxidation sites excluding steroid dienone is 1. The lowest BCUT2D eigenvalue weighted by atomic mass is 9.84. The molecule has 0 spiro atoms. The molecular formula is C16H17ClN2O6. The van der Waals surface area contributed by atoms with Gasteiger partial charge in [0, 0.05) is 42.3 Å². The summed E-state index contributed by atoms with van der Waals surface area (Å²) in [5.74, 6) is -1.66. The summed E-state index contributed by atoms with van der Waals surface area (Å²) in [5, 5.41) is 13.9. The monoisotopic (exact) mass is 368 g/mol. The molecule has 134 valence electrons. The van der Waals surface area contributed by atoms with Crippen molar-refractivity contribution in [3.8, 4) is 0 Å². The number of non-ortho nitro benzene ring substituents is 1. The van der Waals surface area contributed by atoms with Gasteiger partial charge in [-0.15, -0.1) is 0 Å². The number of halogens is 1. The average Bonchev–Trinajstić information content (AvgIpc) is 2.54. The highest BCUT2D eigenvalue weighted by Crippen LogP contribution is 2.38. The predicted molar refractivity (Wildman–Crippen MR) is 89.1 cm³/mol. The van der Waals surface area contributed by atoms with Crippen molar-refractivity contribution in [3.05, 3.63) is 50.2 Å². The third kappa shape index (κ3) is 4.34.